The van der Waals surface area contributed by atoms with Gasteiger partial charge in [-0.15, -0.1) is 0 Å². The van der Waals surface area contributed by atoms with Crippen molar-refractivity contribution in [1.82, 2.24) is 9.80 Å². The molecule has 2 amide bonds. The number of ether oxygens (including phenoxy) is 1. The van der Waals surface area contributed by atoms with Crippen LogP contribution in [-0.4, -0.2) is 67.2 Å². The van der Waals surface area contributed by atoms with Crippen molar-refractivity contribution >= 4 is 17.7 Å². The number of nitrogens with zero attached hydrogens (tertiary/aromatic N) is 3. The molecule has 0 aromatic heterocycles. The van der Waals surface area contributed by atoms with Crippen molar-refractivity contribution < 1.29 is 14.3 Å². The van der Waals surface area contributed by atoms with E-state index in [9.17, 15) is 9.59 Å². The van der Waals surface area contributed by atoms with Crippen LogP contribution in [0, 0.1) is 0 Å². The first kappa shape index (κ1) is 16.4. The van der Waals surface area contributed by atoms with Crippen LogP contribution in [0.25, 0.3) is 0 Å². The Morgan fingerprint density at radius 1 is 1.00 bits per heavy atom. The lowest BCUT2D eigenvalue weighted by Gasteiger charge is -2.37. The highest BCUT2D eigenvalue weighted by Crippen LogP contribution is 2.23. The second-order valence-electron chi connectivity index (χ2n) is 7.10. The van der Waals surface area contributed by atoms with Crippen molar-refractivity contribution in [3.05, 3.63) is 29.8 Å². The van der Waals surface area contributed by atoms with Crippen molar-refractivity contribution in [1.29, 1.82) is 0 Å². The number of carbonyl (C=O) groups excluding carboxylic acids is 2. The van der Waals surface area contributed by atoms with Crippen molar-refractivity contribution in [2.75, 3.05) is 44.2 Å². The summed E-state index contributed by atoms with van der Waals surface area (Å²) in [5.41, 5.74) is 1.48. The summed E-state index contributed by atoms with van der Waals surface area (Å²) in [6.07, 6.45) is 4.52. The summed E-state index contributed by atoms with van der Waals surface area (Å²) in [6.45, 7) is 5.00. The molecule has 0 radical (unpaired) electrons. The normalized spacial score (nSPS) is 24.6. The van der Waals surface area contributed by atoms with Gasteiger partial charge in [-0.1, -0.05) is 0 Å². The van der Waals surface area contributed by atoms with Crippen LogP contribution in [0.4, 0.5) is 10.5 Å². The summed E-state index contributed by atoms with van der Waals surface area (Å²) in [5.74, 6) is 0.0967. The van der Waals surface area contributed by atoms with Gasteiger partial charge >= 0.3 is 6.09 Å². The van der Waals surface area contributed by atoms with Crippen LogP contribution in [0.15, 0.2) is 24.3 Å². The molecule has 134 valence electrons. The predicted octanol–water partition coefficient (Wildman–Crippen LogP) is 2.34. The van der Waals surface area contributed by atoms with Crippen molar-refractivity contribution in [3.63, 3.8) is 0 Å². The summed E-state index contributed by atoms with van der Waals surface area (Å²) in [6, 6.07) is 7.83. The highest BCUT2D eigenvalue weighted by atomic mass is 16.6. The molecule has 1 aromatic rings. The second-order valence-corrected chi connectivity index (χ2v) is 7.10. The molecule has 3 heterocycles. The van der Waals surface area contributed by atoms with E-state index in [2.05, 4.69) is 4.90 Å². The van der Waals surface area contributed by atoms with Gasteiger partial charge in [0.25, 0.3) is 5.91 Å². The Kier molecular flexibility index (Phi) is 4.61. The molecular formula is C19H25N3O3. The van der Waals surface area contributed by atoms with Crippen LogP contribution in [0.2, 0.25) is 0 Å². The molecule has 0 saturated carbocycles. The lowest BCUT2D eigenvalue weighted by molar-refractivity contribution is 0.0608. The van der Waals surface area contributed by atoms with E-state index in [1.807, 2.05) is 29.2 Å². The fraction of sp³-hybridized carbons (Fsp3) is 0.579. The molecule has 25 heavy (non-hydrogen) atoms. The number of cyclic esters (lactones) is 1. The summed E-state index contributed by atoms with van der Waals surface area (Å²) in [7, 11) is 0. The van der Waals surface area contributed by atoms with E-state index in [0.717, 1.165) is 25.2 Å². The average molecular weight is 343 g/mol. The Labute approximate surface area is 148 Å². The van der Waals surface area contributed by atoms with Crippen LogP contribution in [0.3, 0.4) is 0 Å². The van der Waals surface area contributed by atoms with Gasteiger partial charge in [-0.05, 0) is 63.0 Å². The molecule has 3 saturated heterocycles. The molecule has 1 aromatic carbocycles. The Morgan fingerprint density at radius 2 is 1.76 bits per heavy atom. The number of likely N-dealkylation sites (tertiary alicyclic amines) is 2. The molecular weight excluding hydrogens is 318 g/mol. The van der Waals surface area contributed by atoms with Crippen molar-refractivity contribution in [2.45, 2.75) is 31.7 Å². The molecule has 3 aliphatic rings. The Morgan fingerprint density at radius 3 is 2.44 bits per heavy atom. The number of benzene rings is 1. The minimum atomic E-state index is -0.316. The number of carbonyl (C=O) groups is 2. The molecule has 4 rings (SSSR count). The second kappa shape index (κ2) is 7.04. The Balaban J connectivity index is 1.42. The first-order valence-electron chi connectivity index (χ1n) is 9.30. The Bertz CT molecular complexity index is 640. The first-order chi connectivity index (χ1) is 12.2. The minimum absolute atomic E-state index is 0.0967. The largest absolute Gasteiger partial charge is 0.447 e. The van der Waals surface area contributed by atoms with Crippen LogP contribution in [-0.2, 0) is 4.74 Å². The maximum Gasteiger partial charge on any atom is 0.414 e. The maximum atomic E-state index is 12.9. The minimum Gasteiger partial charge on any atom is -0.447 e. The highest BCUT2D eigenvalue weighted by molar-refractivity contribution is 5.95. The number of anilines is 1. The van der Waals surface area contributed by atoms with E-state index in [-0.39, 0.29) is 12.0 Å². The van der Waals surface area contributed by atoms with E-state index in [0.29, 0.717) is 24.8 Å². The zero-order chi connectivity index (χ0) is 17.2. The average Bonchev–Trinajstić information content (AvgIpc) is 3.33. The van der Waals surface area contributed by atoms with Gasteiger partial charge in [-0.3, -0.25) is 14.6 Å². The smallest absolute Gasteiger partial charge is 0.414 e. The monoisotopic (exact) mass is 343 g/mol. The third kappa shape index (κ3) is 3.35. The topological polar surface area (TPSA) is 53.1 Å². The van der Waals surface area contributed by atoms with Crippen LogP contribution in [0.5, 0.6) is 0 Å². The lowest BCUT2D eigenvalue weighted by Crippen LogP contribution is -2.49. The van der Waals surface area contributed by atoms with Crippen LogP contribution < -0.4 is 4.90 Å². The highest BCUT2D eigenvalue weighted by Gasteiger charge is 2.30. The molecule has 0 aliphatic carbocycles. The summed E-state index contributed by atoms with van der Waals surface area (Å²) >= 11 is 0. The van der Waals surface area contributed by atoms with Crippen LogP contribution in [0.1, 0.15) is 36.0 Å². The van der Waals surface area contributed by atoms with Gasteiger partial charge in [0.15, 0.2) is 0 Å². The zero-order valence-electron chi connectivity index (χ0n) is 14.5. The third-order valence-corrected chi connectivity index (χ3v) is 5.53. The van der Waals surface area contributed by atoms with Gasteiger partial charge in [0.1, 0.15) is 6.61 Å². The molecule has 0 N–H and O–H groups in total. The number of rotatable bonds is 3. The zero-order valence-corrected chi connectivity index (χ0v) is 14.5. The molecule has 3 fully saturated rings. The number of hydrogen-bond acceptors (Lipinski definition) is 4. The number of hydrogen-bond donors (Lipinski definition) is 0. The molecule has 0 bridgehead atoms. The first-order valence-corrected chi connectivity index (χ1v) is 9.30. The SMILES string of the molecule is O=C(c1ccc(N2CCOC2=O)cc1)N1CCC[C@@H](N2CCCC2)C1. The van der Waals surface area contributed by atoms with Gasteiger partial charge in [0, 0.05) is 30.4 Å². The number of amides is 2. The quantitative estimate of drug-likeness (QED) is 0.845. The van der Waals surface area contributed by atoms with Gasteiger partial charge in [-0.25, -0.2) is 4.79 Å². The molecule has 0 unspecified atom stereocenters. The fourth-order valence-corrected chi connectivity index (χ4v) is 4.14. The van der Waals surface area contributed by atoms with Gasteiger partial charge in [0.2, 0.25) is 0 Å². The van der Waals surface area contributed by atoms with Gasteiger partial charge in [-0.2, -0.15) is 0 Å². The lowest BCUT2D eigenvalue weighted by atomic mass is 10.0. The molecule has 3 aliphatic heterocycles. The molecule has 6 heteroatoms. The van der Waals surface area contributed by atoms with Gasteiger partial charge < -0.3 is 9.64 Å². The third-order valence-electron chi connectivity index (χ3n) is 5.53. The summed E-state index contributed by atoms with van der Waals surface area (Å²) < 4.78 is 4.96. The van der Waals surface area contributed by atoms with Crippen molar-refractivity contribution in [2.24, 2.45) is 0 Å². The van der Waals surface area contributed by atoms with E-state index in [1.165, 1.54) is 32.4 Å². The molecule has 1 atom stereocenters. The Hall–Kier alpha value is -2.08. The van der Waals surface area contributed by atoms with E-state index in [4.69, 9.17) is 4.74 Å². The van der Waals surface area contributed by atoms with Crippen molar-refractivity contribution in [3.8, 4) is 0 Å². The summed E-state index contributed by atoms with van der Waals surface area (Å²) in [5, 5.41) is 0. The van der Waals surface area contributed by atoms with E-state index >= 15 is 0 Å². The predicted molar refractivity (Wildman–Crippen MR) is 94.9 cm³/mol. The summed E-state index contributed by atoms with van der Waals surface area (Å²) in [4.78, 5) is 30.6. The van der Waals surface area contributed by atoms with Crippen LogP contribution >= 0.6 is 0 Å². The number of piperidine rings is 1. The molecule has 6 nitrogen and oxygen atoms in total. The van der Waals surface area contributed by atoms with E-state index in [1.54, 1.807) is 4.90 Å². The maximum absolute atomic E-state index is 12.9. The van der Waals surface area contributed by atoms with Gasteiger partial charge in [0.05, 0.1) is 6.54 Å². The van der Waals surface area contributed by atoms with E-state index < -0.39 is 0 Å². The fourth-order valence-electron chi connectivity index (χ4n) is 4.14. The standard InChI is InChI=1S/C19H25N3O3/c23-18(21-11-3-4-17(14-21)20-9-1-2-10-20)15-5-7-16(8-6-15)22-12-13-25-19(22)24/h5-8,17H,1-4,9-14H2/t17-/m1/s1. The molecule has 0 spiro atoms.